The third kappa shape index (κ3) is 5.00. The molecule has 36 heavy (non-hydrogen) atoms. The zero-order chi connectivity index (χ0) is 25.2. The molecule has 0 spiro atoms. The van der Waals surface area contributed by atoms with E-state index in [4.69, 9.17) is 9.72 Å². The van der Waals surface area contributed by atoms with Crippen LogP contribution in [0, 0.1) is 20.8 Å². The molecule has 2 aromatic carbocycles. The summed E-state index contributed by atoms with van der Waals surface area (Å²) >= 11 is 0. The lowest BCUT2D eigenvalue weighted by atomic mass is 9.96. The summed E-state index contributed by atoms with van der Waals surface area (Å²) in [5, 5.41) is 8.29. The number of aromatic nitrogens is 5. The SMILES string of the molecule is Cc1ccc(OCC(=O)N2CCC(c3nc4c(nnn4Cc4cc(C)ccc4C)c(=O)[nH]3)CC2)cc1. The van der Waals surface area contributed by atoms with Gasteiger partial charge in [-0.3, -0.25) is 9.59 Å². The predicted octanol–water partition coefficient (Wildman–Crippen LogP) is 3.27. The second-order valence-corrected chi connectivity index (χ2v) is 9.56. The Hall–Kier alpha value is -4.01. The van der Waals surface area contributed by atoms with Crippen molar-refractivity contribution in [2.24, 2.45) is 0 Å². The lowest BCUT2D eigenvalue weighted by Crippen LogP contribution is -2.41. The molecule has 1 saturated heterocycles. The number of hydrogen-bond donors (Lipinski definition) is 1. The fraction of sp³-hybridized carbons (Fsp3) is 0.370. The zero-order valence-corrected chi connectivity index (χ0v) is 20.8. The highest BCUT2D eigenvalue weighted by Crippen LogP contribution is 2.26. The summed E-state index contributed by atoms with van der Waals surface area (Å²) in [5.41, 5.74) is 5.02. The number of benzene rings is 2. The molecule has 3 heterocycles. The van der Waals surface area contributed by atoms with Gasteiger partial charge in [0.25, 0.3) is 11.5 Å². The van der Waals surface area contributed by atoms with E-state index >= 15 is 0 Å². The van der Waals surface area contributed by atoms with Crippen molar-refractivity contribution in [1.29, 1.82) is 0 Å². The van der Waals surface area contributed by atoms with Crippen LogP contribution in [0.3, 0.4) is 0 Å². The summed E-state index contributed by atoms with van der Waals surface area (Å²) in [7, 11) is 0. The summed E-state index contributed by atoms with van der Waals surface area (Å²) in [6.45, 7) is 7.79. The third-order valence-electron chi connectivity index (χ3n) is 6.83. The smallest absolute Gasteiger partial charge is 0.281 e. The van der Waals surface area contributed by atoms with Crippen molar-refractivity contribution in [3.05, 3.63) is 80.9 Å². The number of H-pyrrole nitrogens is 1. The maximum absolute atomic E-state index is 12.8. The van der Waals surface area contributed by atoms with Gasteiger partial charge in [-0.15, -0.1) is 5.10 Å². The Kier molecular flexibility index (Phi) is 6.54. The Morgan fingerprint density at radius 1 is 1.06 bits per heavy atom. The van der Waals surface area contributed by atoms with Crippen LogP contribution in [0.5, 0.6) is 5.75 Å². The molecule has 1 fully saturated rings. The Bertz CT molecular complexity index is 1450. The number of hydrogen-bond acceptors (Lipinski definition) is 6. The Balaban J connectivity index is 1.26. The lowest BCUT2D eigenvalue weighted by Gasteiger charge is -2.31. The van der Waals surface area contributed by atoms with Crippen LogP contribution >= 0.6 is 0 Å². The lowest BCUT2D eigenvalue weighted by molar-refractivity contribution is -0.134. The molecule has 1 aliphatic rings. The number of carbonyl (C=O) groups is 1. The van der Waals surface area contributed by atoms with Gasteiger partial charge < -0.3 is 14.6 Å². The highest BCUT2D eigenvalue weighted by molar-refractivity contribution is 5.78. The van der Waals surface area contributed by atoms with Gasteiger partial charge >= 0.3 is 0 Å². The summed E-state index contributed by atoms with van der Waals surface area (Å²) < 4.78 is 7.34. The van der Waals surface area contributed by atoms with Gasteiger partial charge in [-0.25, -0.2) is 9.67 Å². The number of nitrogens with one attached hydrogen (secondary N) is 1. The molecule has 5 rings (SSSR count). The van der Waals surface area contributed by atoms with Crippen LogP contribution in [0.25, 0.3) is 11.2 Å². The minimum atomic E-state index is -0.285. The fourth-order valence-corrected chi connectivity index (χ4v) is 4.59. The van der Waals surface area contributed by atoms with Crippen LogP contribution in [0.15, 0.2) is 47.3 Å². The molecular formula is C27H30N6O3. The Labute approximate surface area is 209 Å². The average molecular weight is 487 g/mol. The van der Waals surface area contributed by atoms with Crippen LogP contribution in [0.2, 0.25) is 0 Å². The van der Waals surface area contributed by atoms with Gasteiger partial charge in [-0.05, 0) is 56.9 Å². The molecule has 1 N–H and O–H groups in total. The second-order valence-electron chi connectivity index (χ2n) is 9.56. The topological polar surface area (TPSA) is 106 Å². The number of piperidine rings is 1. The molecule has 0 bridgehead atoms. The monoisotopic (exact) mass is 486 g/mol. The highest BCUT2D eigenvalue weighted by Gasteiger charge is 2.26. The first kappa shape index (κ1) is 23.7. The normalized spacial score (nSPS) is 14.4. The number of amides is 1. The summed E-state index contributed by atoms with van der Waals surface area (Å²) in [6, 6.07) is 13.9. The molecule has 1 aliphatic heterocycles. The Morgan fingerprint density at radius 3 is 2.53 bits per heavy atom. The molecule has 1 amide bonds. The number of fused-ring (bicyclic) bond motifs is 1. The van der Waals surface area contributed by atoms with Gasteiger partial charge in [0.1, 0.15) is 11.6 Å². The van der Waals surface area contributed by atoms with E-state index in [2.05, 4.69) is 47.3 Å². The molecule has 4 aromatic rings. The molecule has 9 heteroatoms. The van der Waals surface area contributed by atoms with Gasteiger partial charge in [0.05, 0.1) is 6.54 Å². The number of aryl methyl sites for hydroxylation is 3. The number of ether oxygens (including phenoxy) is 1. The number of aromatic amines is 1. The number of rotatable bonds is 6. The molecule has 0 radical (unpaired) electrons. The van der Waals surface area contributed by atoms with Crippen molar-refractivity contribution in [3.63, 3.8) is 0 Å². The minimum Gasteiger partial charge on any atom is -0.484 e. The van der Waals surface area contributed by atoms with E-state index in [9.17, 15) is 9.59 Å². The summed E-state index contributed by atoms with van der Waals surface area (Å²) in [5.74, 6) is 1.32. The van der Waals surface area contributed by atoms with Crippen molar-refractivity contribution in [3.8, 4) is 5.75 Å². The van der Waals surface area contributed by atoms with Crippen molar-refractivity contribution < 1.29 is 9.53 Å². The van der Waals surface area contributed by atoms with Crippen LogP contribution in [-0.4, -0.2) is 55.5 Å². The Morgan fingerprint density at radius 2 is 1.78 bits per heavy atom. The average Bonchev–Trinajstić information content (AvgIpc) is 3.29. The summed E-state index contributed by atoms with van der Waals surface area (Å²) in [4.78, 5) is 34.9. The first-order valence-corrected chi connectivity index (χ1v) is 12.2. The molecule has 0 atom stereocenters. The molecule has 186 valence electrons. The standard InChI is InChI=1S/C27H30N6O3/c1-17-5-8-22(9-6-17)36-16-23(34)32-12-10-20(11-13-32)25-28-26-24(27(35)29-25)30-31-33(26)15-21-14-18(2)4-7-19(21)3/h4-9,14,20H,10-13,15-16H2,1-3H3,(H,28,29,35). The molecule has 0 aliphatic carbocycles. The molecule has 2 aromatic heterocycles. The maximum Gasteiger partial charge on any atom is 0.281 e. The predicted molar refractivity (Wildman–Crippen MR) is 136 cm³/mol. The first-order chi connectivity index (χ1) is 17.4. The molecular weight excluding hydrogens is 456 g/mol. The van der Waals surface area contributed by atoms with Crippen molar-refractivity contribution in [1.82, 2.24) is 29.9 Å². The molecule has 0 unspecified atom stereocenters. The largest absolute Gasteiger partial charge is 0.484 e. The fourth-order valence-electron chi connectivity index (χ4n) is 4.59. The van der Waals surface area contributed by atoms with Crippen LogP contribution < -0.4 is 10.3 Å². The van der Waals surface area contributed by atoms with Gasteiger partial charge in [0.2, 0.25) is 0 Å². The summed E-state index contributed by atoms with van der Waals surface area (Å²) in [6.07, 6.45) is 1.42. The third-order valence-corrected chi connectivity index (χ3v) is 6.83. The van der Waals surface area contributed by atoms with E-state index in [1.165, 1.54) is 0 Å². The molecule has 0 saturated carbocycles. The highest BCUT2D eigenvalue weighted by atomic mass is 16.5. The van der Waals surface area contributed by atoms with Crippen LogP contribution in [-0.2, 0) is 11.3 Å². The van der Waals surface area contributed by atoms with Crippen molar-refractivity contribution in [2.45, 2.75) is 46.1 Å². The van der Waals surface area contributed by atoms with E-state index in [1.807, 2.05) is 36.1 Å². The van der Waals surface area contributed by atoms with Crippen molar-refractivity contribution >= 4 is 17.1 Å². The van der Waals surface area contributed by atoms with E-state index in [0.717, 1.165) is 22.3 Å². The van der Waals surface area contributed by atoms with Gasteiger partial charge in [-0.1, -0.05) is 46.7 Å². The van der Waals surface area contributed by atoms with Gasteiger partial charge in [0, 0.05) is 19.0 Å². The van der Waals surface area contributed by atoms with Gasteiger partial charge in [0.15, 0.2) is 17.8 Å². The molecule has 9 nitrogen and oxygen atoms in total. The zero-order valence-electron chi connectivity index (χ0n) is 20.8. The minimum absolute atomic E-state index is 0.0119. The number of carbonyl (C=O) groups excluding carboxylic acids is 1. The van der Waals surface area contributed by atoms with Crippen LogP contribution in [0.1, 0.15) is 46.8 Å². The number of likely N-dealkylation sites (tertiary alicyclic amines) is 1. The maximum atomic E-state index is 12.8. The van der Waals surface area contributed by atoms with Crippen LogP contribution in [0.4, 0.5) is 0 Å². The van der Waals surface area contributed by atoms with E-state index < -0.39 is 0 Å². The quantitative estimate of drug-likeness (QED) is 0.448. The van der Waals surface area contributed by atoms with E-state index in [-0.39, 0.29) is 29.5 Å². The second kappa shape index (κ2) is 9.93. The van der Waals surface area contributed by atoms with E-state index in [0.29, 0.717) is 49.7 Å². The first-order valence-electron chi connectivity index (χ1n) is 12.2. The van der Waals surface area contributed by atoms with Crippen molar-refractivity contribution in [2.75, 3.05) is 19.7 Å². The van der Waals surface area contributed by atoms with E-state index in [1.54, 1.807) is 4.68 Å². The number of nitrogens with zero attached hydrogens (tertiary/aromatic N) is 5. The van der Waals surface area contributed by atoms with Gasteiger partial charge in [-0.2, -0.15) is 0 Å².